The Hall–Kier alpha value is -8.62. The lowest BCUT2D eigenvalue weighted by atomic mass is 9.43. The number of nitrogens with two attached hydrogens (primary N) is 1. The van der Waals surface area contributed by atoms with Crippen LogP contribution in [0.25, 0.3) is 0 Å². The predicted molar refractivity (Wildman–Crippen MR) is 516 cm³/mol. The number of nitrogens with one attached hydrogen (secondary N) is 3. The summed E-state index contributed by atoms with van der Waals surface area (Å²) in [4.78, 5) is 93.3. The summed E-state index contributed by atoms with van der Waals surface area (Å²) in [5.41, 5.74) is 7.66. The van der Waals surface area contributed by atoms with Crippen molar-refractivity contribution in [2.75, 3.05) is 26.4 Å². The molecular formula is C99H138B5ClF4N8O21. The van der Waals surface area contributed by atoms with Crippen LogP contribution in [0.3, 0.4) is 0 Å². The minimum atomic E-state index is -1.81. The van der Waals surface area contributed by atoms with E-state index in [1.165, 1.54) is 104 Å². The van der Waals surface area contributed by atoms with Gasteiger partial charge in [-0.25, -0.2) is 31.9 Å². The summed E-state index contributed by atoms with van der Waals surface area (Å²) < 4.78 is 94.8. The van der Waals surface area contributed by atoms with Crippen LogP contribution in [0.4, 0.5) is 31.9 Å². The number of hydrogen-bond acceptors (Lipinski definition) is 22. The van der Waals surface area contributed by atoms with Gasteiger partial charge in [-0.1, -0.05) is 116 Å². The first-order valence-electron chi connectivity index (χ1n) is 48.6. The van der Waals surface area contributed by atoms with Crippen molar-refractivity contribution in [2.45, 2.75) is 309 Å². The Morgan fingerprint density at radius 2 is 0.732 bits per heavy atom. The molecule has 12 bridgehead atoms. The van der Waals surface area contributed by atoms with Crippen molar-refractivity contribution in [2.24, 2.45) is 46.2 Å². The normalized spacial score (nSPS) is 30.3. The van der Waals surface area contributed by atoms with Gasteiger partial charge >= 0.3 is 53.9 Å². The zero-order valence-corrected chi connectivity index (χ0v) is 81.4. The smallest absolute Gasteiger partial charge is 0.447 e. The van der Waals surface area contributed by atoms with Crippen LogP contribution in [0.5, 0.6) is 0 Å². The van der Waals surface area contributed by atoms with Crippen LogP contribution in [-0.4, -0.2) is 252 Å². The van der Waals surface area contributed by atoms with E-state index >= 15 is 0 Å². The summed E-state index contributed by atoms with van der Waals surface area (Å²) in [5, 5.41) is 72.0. The molecule has 12 N–H and O–H groups in total. The first-order valence-corrected chi connectivity index (χ1v) is 48.6. The van der Waals surface area contributed by atoms with E-state index in [4.69, 9.17) is 48.6 Å². The highest BCUT2D eigenvalue weighted by atomic mass is 35.5. The number of aliphatic hydroxyl groups is 1. The van der Waals surface area contributed by atoms with Crippen LogP contribution >= 0.6 is 12.4 Å². The van der Waals surface area contributed by atoms with Crippen molar-refractivity contribution in [3.05, 3.63) is 193 Å². The van der Waals surface area contributed by atoms with Gasteiger partial charge in [0.25, 0.3) is 0 Å². The fraction of sp³-hybridized carbons (Fsp3) is 0.606. The molecule has 12 atom stereocenters. The van der Waals surface area contributed by atoms with Gasteiger partial charge < -0.3 is 109 Å². The number of alkyl carbamates (subject to hydrolysis) is 3. The molecule has 0 unspecified atom stereocenters. The number of halogens is 5. The second-order valence-electron chi connectivity index (χ2n) is 42.2. The molecule has 6 aliphatic carbocycles. The average Bonchev–Trinajstić information content (AvgIpc) is 1.44. The highest BCUT2D eigenvalue weighted by Gasteiger charge is 2.71. The van der Waals surface area contributed by atoms with Crippen LogP contribution in [0.2, 0.25) is 6.32 Å². The van der Waals surface area contributed by atoms with Crippen LogP contribution in [-0.2, 0) is 77.7 Å². The van der Waals surface area contributed by atoms with Gasteiger partial charge in [0.1, 0.15) is 43.1 Å². The number of nitrogens with zero attached hydrogens (tertiary/aromatic N) is 4. The van der Waals surface area contributed by atoms with E-state index < -0.39 is 98.4 Å². The topological polar surface area (TPSA) is 401 Å². The standard InChI is InChI=1S/C29H38BFN2O5.2C19H24BFN2O5.C18H25BFNO2.C10H15NO2.C4H11BO2.ClH/c1-5-25(34)33-21-10-12-29(33,13-11-21)17-36-26(35)32-24(14-18-6-8-20(31)9-7-18)30-37-23-16-19-15-22(27(19,2)3)28(23,4)38-30;2*1-2-17(24)23-15-7-9-19(23,10-8-15)12-28-18(25)22-16(20(26)27)11-13-3-5-14(21)6-4-13;1-17(2)12-9-14(17)18(3)15(10-12)22-19(23-18)16(21)8-11-4-6-13(20)7-5-11;1-2-9(13)11-8-3-5-10(11,7-12)6-4-8;1-4(2)3-5(6)7;/h5-9,19,21-24H,1,10-17H2,2-4H3,(H,32,35);2*2-6,15-16,26-27H,1,7-12H2,(H,22,25);4-7,12,14-16H,8-10,21H2,1-3H3;2,8,12H,1,3-7H2;4,6-7H,3H2,1-2H3;1H/t19-,21?,22-,23+,24-,28-,29?;2*15?,16-,19?;12-,14-,15+,16-,18-;;;/m0000.../s1. The molecule has 29 nitrogen and oxygen atoms in total. The molecule has 16 aliphatic rings. The van der Waals surface area contributed by atoms with Crippen molar-refractivity contribution in [3.8, 4) is 0 Å². The Balaban J connectivity index is 0.000000156. The molecule has 6 saturated carbocycles. The fourth-order valence-corrected chi connectivity index (χ4v) is 25.1. The third-order valence-corrected chi connectivity index (χ3v) is 32.8. The van der Waals surface area contributed by atoms with Gasteiger partial charge in [-0.3, -0.25) is 19.2 Å². The Kier molecular flexibility index (Phi) is 35.2. The van der Waals surface area contributed by atoms with E-state index in [-0.39, 0.29) is 147 Å². The van der Waals surface area contributed by atoms with E-state index in [0.29, 0.717) is 65.4 Å². The first-order chi connectivity index (χ1) is 64.9. The molecule has 0 radical (unpaired) electrons. The number of fused-ring (bicyclic) bond motifs is 8. The zero-order chi connectivity index (χ0) is 99.2. The molecule has 4 aromatic rings. The maximum absolute atomic E-state index is 13.6. The number of amides is 7. The predicted octanol–water partition coefficient (Wildman–Crippen LogP) is 11.0. The molecule has 138 heavy (non-hydrogen) atoms. The van der Waals surface area contributed by atoms with E-state index in [1.807, 2.05) is 23.6 Å². The Morgan fingerprint density at radius 3 is 1.01 bits per heavy atom. The molecule has 0 aromatic heterocycles. The quantitative estimate of drug-likeness (QED) is 0.0109. The highest BCUT2D eigenvalue weighted by molar-refractivity contribution is 6.48. The minimum absolute atomic E-state index is 0. The van der Waals surface area contributed by atoms with Gasteiger partial charge in [0.05, 0.1) is 70.0 Å². The van der Waals surface area contributed by atoms with Crippen molar-refractivity contribution in [1.29, 1.82) is 0 Å². The lowest BCUT2D eigenvalue weighted by Crippen LogP contribution is -2.65. The molecule has 7 amide bonds. The van der Waals surface area contributed by atoms with E-state index in [9.17, 15) is 76.3 Å². The number of ether oxygens (including phenoxy) is 3. The van der Waals surface area contributed by atoms with Crippen molar-refractivity contribution in [3.63, 3.8) is 0 Å². The summed E-state index contributed by atoms with van der Waals surface area (Å²) in [7, 11) is -5.75. The largest absolute Gasteiger partial charge is 0.482 e. The minimum Gasteiger partial charge on any atom is -0.447 e. The second-order valence-corrected chi connectivity index (χ2v) is 42.2. The molecular weight excluding hydrogens is 1800 g/mol. The van der Waals surface area contributed by atoms with Crippen LogP contribution in [0.1, 0.15) is 206 Å². The van der Waals surface area contributed by atoms with Crippen LogP contribution in [0.15, 0.2) is 148 Å². The number of benzene rings is 4. The van der Waals surface area contributed by atoms with Gasteiger partial charge in [0.2, 0.25) is 23.6 Å². The van der Waals surface area contributed by atoms with Crippen LogP contribution < -0.4 is 21.7 Å². The number of hydrogen-bond donors (Lipinski definition) is 11. The van der Waals surface area contributed by atoms with E-state index in [1.54, 1.807) is 34.1 Å². The number of carbonyl (C=O) groups excluding carboxylic acids is 7. The number of aliphatic hydroxyl groups excluding tert-OH is 1. The molecule has 20 rings (SSSR count). The average molecular weight is 1940 g/mol. The monoisotopic (exact) mass is 1940 g/mol. The van der Waals surface area contributed by atoms with E-state index in [0.717, 1.165) is 139 Å². The van der Waals surface area contributed by atoms with Crippen molar-refractivity contribution >= 4 is 89.9 Å². The second kappa shape index (κ2) is 44.9. The zero-order valence-electron chi connectivity index (χ0n) is 80.6. The summed E-state index contributed by atoms with van der Waals surface area (Å²) in [6.45, 7) is 32.1. The van der Waals surface area contributed by atoms with Crippen LogP contribution in [0, 0.1) is 63.7 Å². The number of rotatable bonds is 28. The number of carbonyl (C=O) groups is 7. The molecule has 10 aliphatic heterocycles. The maximum Gasteiger partial charge on any atom is 0.482 e. The molecule has 10 heterocycles. The summed E-state index contributed by atoms with van der Waals surface area (Å²) >= 11 is 0. The lowest BCUT2D eigenvalue weighted by molar-refractivity contribution is -0.199. The Labute approximate surface area is 815 Å². The van der Waals surface area contributed by atoms with Gasteiger partial charge in [-0.05, 0) is 310 Å². The molecule has 16 fully saturated rings. The lowest BCUT2D eigenvalue weighted by Gasteiger charge is -2.64. The highest BCUT2D eigenvalue weighted by Crippen LogP contribution is 2.67. The summed E-state index contributed by atoms with van der Waals surface area (Å²) in [6.07, 6.45) is 23.3. The maximum atomic E-state index is 13.6. The van der Waals surface area contributed by atoms with Gasteiger partial charge in [0, 0.05) is 30.1 Å². The van der Waals surface area contributed by atoms with Gasteiger partial charge in [-0.15, -0.1) is 12.4 Å². The summed E-state index contributed by atoms with van der Waals surface area (Å²) in [5.74, 6) is -1.89. The third kappa shape index (κ3) is 23.5. The SMILES string of the molecule is C=CC(=O)N1C2CCC1(CO)CC2.C=CC(=O)N1C2CCC1(COC(=O)N[C@@H](Cc1ccc(F)cc1)B(O)O)CC2.C=CC(=O)N1C2CCC1(COC(=O)N[C@@H](Cc1ccc(F)cc1)B(O)O)CC2.C=CC(=O)N1C2CCC1(COC(=O)N[C@@H](Cc1ccc(F)cc1)B1O[C@@H]3C[C@@H]4C[C@@H](C4(C)C)[C@]3(C)O1)CC2.CC(C)CB(O)O.CC1(C)[C@@H]2C[C@H]3OB([C@@H](N)Cc4ccc(F)cc4)O[C@@]3(C)[C@H]1C2.Cl. The molecule has 39 heteroatoms. The molecule has 0 spiro atoms. The van der Waals surface area contributed by atoms with Crippen molar-refractivity contribution in [1.82, 2.24) is 35.6 Å². The van der Waals surface area contributed by atoms with Crippen molar-refractivity contribution < 1.29 is 119 Å². The molecule has 10 saturated heterocycles. The van der Waals surface area contributed by atoms with E-state index in [2.05, 4.69) is 83.8 Å². The first kappa shape index (κ1) is 108. The molecule has 4 aromatic carbocycles. The molecule has 750 valence electrons. The Bertz CT molecular complexity index is 4770. The van der Waals surface area contributed by atoms with Gasteiger partial charge in [0.15, 0.2) is 0 Å². The fourth-order valence-electron chi connectivity index (χ4n) is 25.1. The summed E-state index contributed by atoms with van der Waals surface area (Å²) in [6, 6.07) is 24.7. The van der Waals surface area contributed by atoms with Gasteiger partial charge in [-0.2, -0.15) is 0 Å². The third-order valence-electron chi connectivity index (χ3n) is 32.8. The Morgan fingerprint density at radius 1 is 0.449 bits per heavy atom.